The molecule has 2 rings (SSSR count). The van der Waals surface area contributed by atoms with Gasteiger partial charge in [0.25, 0.3) is 0 Å². The third kappa shape index (κ3) is 2.03. The minimum atomic E-state index is -4.19. The van der Waals surface area contributed by atoms with Crippen molar-refractivity contribution in [3.8, 4) is 0 Å². The minimum absolute atomic E-state index is 0.188. The average molecular weight is 235 g/mol. The number of alkyl halides is 3. The molecule has 0 saturated heterocycles. The number of hydrogen-bond acceptors (Lipinski definition) is 2. The minimum Gasteiger partial charge on any atom is -0.317 e. The molecule has 1 heterocycles. The fourth-order valence-corrected chi connectivity index (χ4v) is 3.02. The van der Waals surface area contributed by atoms with Crippen molar-refractivity contribution in [2.75, 3.05) is 7.05 Å². The van der Waals surface area contributed by atoms with E-state index >= 15 is 0 Å². The van der Waals surface area contributed by atoms with Crippen LogP contribution in [-0.2, 0) is 19.0 Å². The lowest BCUT2D eigenvalue weighted by Gasteiger charge is -2.23. The Bertz CT molecular complexity index is 356. The van der Waals surface area contributed by atoms with Gasteiger partial charge in [0.15, 0.2) is 0 Å². The van der Waals surface area contributed by atoms with Gasteiger partial charge in [0, 0.05) is 6.04 Å². The summed E-state index contributed by atoms with van der Waals surface area (Å²) in [4.78, 5) is -0.405. The van der Waals surface area contributed by atoms with Crippen molar-refractivity contribution in [2.45, 2.75) is 31.5 Å². The molecule has 5 heteroatoms. The van der Waals surface area contributed by atoms with E-state index in [-0.39, 0.29) is 6.04 Å². The molecule has 84 valence electrons. The van der Waals surface area contributed by atoms with Gasteiger partial charge < -0.3 is 5.32 Å². The molecule has 0 fully saturated rings. The van der Waals surface area contributed by atoms with E-state index in [0.717, 1.165) is 29.7 Å². The van der Waals surface area contributed by atoms with Crippen LogP contribution in [0.5, 0.6) is 0 Å². The molecule has 0 aliphatic heterocycles. The van der Waals surface area contributed by atoms with Crippen LogP contribution in [0.3, 0.4) is 0 Å². The molecule has 0 radical (unpaired) electrons. The zero-order valence-corrected chi connectivity index (χ0v) is 9.13. The largest absolute Gasteiger partial charge is 0.425 e. The number of hydrogen-bond donors (Lipinski definition) is 1. The maximum Gasteiger partial charge on any atom is 0.425 e. The Morgan fingerprint density at radius 2 is 2.20 bits per heavy atom. The Morgan fingerprint density at radius 3 is 2.80 bits per heavy atom. The number of fused-ring (bicyclic) bond motifs is 1. The van der Waals surface area contributed by atoms with Crippen LogP contribution in [0.15, 0.2) is 5.38 Å². The summed E-state index contributed by atoms with van der Waals surface area (Å²) in [5.41, 5.74) is 1.40. The van der Waals surface area contributed by atoms with Crippen molar-refractivity contribution in [1.29, 1.82) is 0 Å². The lowest BCUT2D eigenvalue weighted by molar-refractivity contribution is -0.135. The van der Waals surface area contributed by atoms with Gasteiger partial charge in [0.2, 0.25) is 0 Å². The third-order valence-corrected chi connectivity index (χ3v) is 3.98. The van der Waals surface area contributed by atoms with Crippen molar-refractivity contribution < 1.29 is 13.2 Å². The zero-order chi connectivity index (χ0) is 11.1. The zero-order valence-electron chi connectivity index (χ0n) is 8.32. The third-order valence-electron chi connectivity index (χ3n) is 2.86. The molecule has 1 N–H and O–H groups in total. The fraction of sp³-hybridized carbons (Fsp3) is 0.600. The summed E-state index contributed by atoms with van der Waals surface area (Å²) >= 11 is 0.832. The first kappa shape index (κ1) is 11.0. The molecule has 15 heavy (non-hydrogen) atoms. The maximum atomic E-state index is 12.6. The number of likely N-dealkylation sites (N-methyl/N-ethyl adjacent to an activating group) is 1. The van der Waals surface area contributed by atoms with Crippen LogP contribution in [-0.4, -0.2) is 13.1 Å². The predicted octanol–water partition coefficient (Wildman–Crippen LogP) is 2.84. The van der Waals surface area contributed by atoms with Crippen molar-refractivity contribution in [3.05, 3.63) is 21.4 Å². The first-order chi connectivity index (χ1) is 7.02. The van der Waals surface area contributed by atoms with Crippen LogP contribution in [0.4, 0.5) is 13.2 Å². The van der Waals surface area contributed by atoms with Gasteiger partial charge in [-0.2, -0.15) is 13.2 Å². The Hall–Kier alpha value is -0.550. The van der Waals surface area contributed by atoms with Crippen LogP contribution in [0.25, 0.3) is 0 Å². The maximum absolute atomic E-state index is 12.6. The van der Waals surface area contributed by atoms with E-state index in [4.69, 9.17) is 0 Å². The van der Waals surface area contributed by atoms with Crippen LogP contribution in [0, 0.1) is 0 Å². The quantitative estimate of drug-likeness (QED) is 0.789. The molecule has 1 aromatic heterocycles. The van der Waals surface area contributed by atoms with E-state index in [2.05, 4.69) is 5.32 Å². The average Bonchev–Trinajstić information content (AvgIpc) is 2.59. The fourth-order valence-electron chi connectivity index (χ4n) is 2.01. The normalized spacial score (nSPS) is 21.5. The van der Waals surface area contributed by atoms with Gasteiger partial charge in [-0.05, 0) is 42.8 Å². The lowest BCUT2D eigenvalue weighted by atomic mass is 9.90. The molecule has 0 aromatic carbocycles. The van der Waals surface area contributed by atoms with Crippen LogP contribution < -0.4 is 5.32 Å². The van der Waals surface area contributed by atoms with Crippen molar-refractivity contribution >= 4 is 11.3 Å². The van der Waals surface area contributed by atoms with E-state index in [1.165, 1.54) is 0 Å². The molecular weight excluding hydrogens is 223 g/mol. The topological polar surface area (TPSA) is 12.0 Å². The number of nitrogens with one attached hydrogen (secondary N) is 1. The summed E-state index contributed by atoms with van der Waals surface area (Å²) in [6.07, 6.45) is -2.00. The Balaban J connectivity index is 2.34. The molecule has 1 nitrogen and oxygen atoms in total. The second-order valence-corrected chi connectivity index (χ2v) is 4.67. The van der Waals surface area contributed by atoms with E-state index in [9.17, 15) is 13.2 Å². The molecule has 0 spiro atoms. The number of thiophene rings is 1. The molecule has 0 amide bonds. The predicted molar refractivity (Wildman–Crippen MR) is 54.2 cm³/mol. The standard InChI is InChI=1S/C10H12F3NS/c1-14-7-3-2-6-5-15-9(8(6)4-7)10(11,12)13/h5,7,14H,2-4H2,1H3. The molecular formula is C10H12F3NS. The molecule has 1 atom stereocenters. The van der Waals surface area contributed by atoms with Crippen LogP contribution in [0.1, 0.15) is 22.4 Å². The summed E-state index contributed by atoms with van der Waals surface area (Å²) in [5, 5.41) is 4.71. The van der Waals surface area contributed by atoms with Gasteiger partial charge >= 0.3 is 6.18 Å². The van der Waals surface area contributed by atoms with E-state index < -0.39 is 11.1 Å². The molecule has 1 aliphatic carbocycles. The van der Waals surface area contributed by atoms with Gasteiger partial charge in [-0.3, -0.25) is 0 Å². The van der Waals surface area contributed by atoms with E-state index in [0.29, 0.717) is 12.0 Å². The highest BCUT2D eigenvalue weighted by atomic mass is 32.1. The van der Waals surface area contributed by atoms with E-state index in [1.807, 2.05) is 0 Å². The first-order valence-corrected chi connectivity index (χ1v) is 5.74. The van der Waals surface area contributed by atoms with Crippen LogP contribution in [0.2, 0.25) is 0 Å². The second kappa shape index (κ2) is 3.79. The lowest BCUT2D eigenvalue weighted by Crippen LogP contribution is -2.31. The highest BCUT2D eigenvalue weighted by molar-refractivity contribution is 7.10. The number of rotatable bonds is 1. The van der Waals surface area contributed by atoms with Crippen molar-refractivity contribution in [2.24, 2.45) is 0 Å². The Kier molecular flexibility index (Phi) is 2.77. The van der Waals surface area contributed by atoms with Gasteiger partial charge in [-0.15, -0.1) is 11.3 Å². The smallest absolute Gasteiger partial charge is 0.317 e. The Morgan fingerprint density at radius 1 is 1.47 bits per heavy atom. The Labute approximate surface area is 90.3 Å². The van der Waals surface area contributed by atoms with E-state index in [1.54, 1.807) is 12.4 Å². The van der Waals surface area contributed by atoms with Gasteiger partial charge in [-0.25, -0.2) is 0 Å². The van der Waals surface area contributed by atoms with Crippen molar-refractivity contribution in [1.82, 2.24) is 5.32 Å². The summed E-state index contributed by atoms with van der Waals surface area (Å²) in [5.74, 6) is 0. The summed E-state index contributed by atoms with van der Waals surface area (Å²) in [6.45, 7) is 0. The summed E-state index contributed by atoms with van der Waals surface area (Å²) in [7, 11) is 1.80. The van der Waals surface area contributed by atoms with Crippen LogP contribution >= 0.6 is 11.3 Å². The monoisotopic (exact) mass is 235 g/mol. The van der Waals surface area contributed by atoms with Gasteiger partial charge in [0.1, 0.15) is 4.88 Å². The summed E-state index contributed by atoms with van der Waals surface area (Å²) < 4.78 is 37.9. The SMILES string of the molecule is CNC1CCc2csc(C(F)(F)F)c2C1. The van der Waals surface area contributed by atoms with Gasteiger partial charge in [-0.1, -0.05) is 0 Å². The molecule has 1 unspecified atom stereocenters. The first-order valence-electron chi connectivity index (χ1n) is 4.86. The second-order valence-electron chi connectivity index (χ2n) is 3.79. The highest BCUT2D eigenvalue weighted by Gasteiger charge is 2.37. The van der Waals surface area contributed by atoms with Crippen molar-refractivity contribution in [3.63, 3.8) is 0 Å². The molecule has 1 aromatic rings. The van der Waals surface area contributed by atoms with Gasteiger partial charge in [0.05, 0.1) is 0 Å². The molecule has 0 bridgehead atoms. The highest BCUT2D eigenvalue weighted by Crippen LogP contribution is 2.40. The number of aryl methyl sites for hydroxylation is 1. The molecule has 1 aliphatic rings. The number of halogens is 3. The molecule has 0 saturated carbocycles. The summed E-state index contributed by atoms with van der Waals surface area (Å²) in [6, 6.07) is 0.188.